The molecule has 10 heteroatoms. The van der Waals surface area contributed by atoms with Crippen LogP contribution in [0.2, 0.25) is 4.34 Å². The number of thiophene rings is 1. The number of benzene rings is 2. The smallest absolute Gasteiger partial charge is 0.333 e. The molecule has 2 aromatic heterocycles. The maximum Gasteiger partial charge on any atom is 0.333 e. The van der Waals surface area contributed by atoms with Crippen LogP contribution >= 0.6 is 22.9 Å². The van der Waals surface area contributed by atoms with E-state index in [0.29, 0.717) is 20.1 Å². The molecule has 0 fully saturated rings. The predicted molar refractivity (Wildman–Crippen MR) is 117 cm³/mol. The molecule has 31 heavy (non-hydrogen) atoms. The Labute approximate surface area is 183 Å². The number of halogens is 1. The first-order valence-electron chi connectivity index (χ1n) is 8.98. The van der Waals surface area contributed by atoms with E-state index in [2.05, 4.69) is 10.3 Å². The van der Waals surface area contributed by atoms with E-state index in [0.717, 1.165) is 15.9 Å². The number of carbonyl (C=O) groups excluding carboxylic acids is 1. The summed E-state index contributed by atoms with van der Waals surface area (Å²) in [7, 11) is 0. The summed E-state index contributed by atoms with van der Waals surface area (Å²) in [5.41, 5.74) is -0.229. The van der Waals surface area contributed by atoms with Crippen LogP contribution in [0.4, 0.5) is 0 Å². The highest BCUT2D eigenvalue weighted by Gasteiger charge is 2.24. The molecule has 0 saturated heterocycles. The maximum atomic E-state index is 12.7. The van der Waals surface area contributed by atoms with Crippen molar-refractivity contribution in [1.82, 2.24) is 14.9 Å². The molecule has 0 saturated carbocycles. The zero-order chi connectivity index (χ0) is 22.1. The number of fused-ring (bicyclic) bond motifs is 1. The Hall–Kier alpha value is -3.69. The van der Waals surface area contributed by atoms with Crippen LogP contribution in [0, 0.1) is 0 Å². The molecular formula is C21H14ClN3O5S. The molecule has 3 N–H and O–H groups in total. The Morgan fingerprint density at radius 2 is 1.74 bits per heavy atom. The third-order valence-electron chi connectivity index (χ3n) is 4.59. The number of carbonyl (C=O) groups is 2. The van der Waals surface area contributed by atoms with Crippen molar-refractivity contribution >= 4 is 45.7 Å². The molecule has 2 aromatic carbocycles. The summed E-state index contributed by atoms with van der Waals surface area (Å²) in [6, 6.07) is 14.2. The van der Waals surface area contributed by atoms with Crippen LogP contribution in [0.15, 0.2) is 70.3 Å². The molecule has 2 heterocycles. The Kier molecular flexibility index (Phi) is 5.45. The number of para-hydroxylation sites is 1. The Balaban J connectivity index is 1.63. The lowest BCUT2D eigenvalue weighted by Crippen LogP contribution is -2.34. The SMILES string of the molecule is O=C(NC(C(=O)O)c1ccc(Cl)s1)c1ccc(-n2c(=O)[nH]c3ccccc3c2=O)cc1. The molecule has 0 spiro atoms. The van der Waals surface area contributed by atoms with Crippen molar-refractivity contribution in [3.63, 3.8) is 0 Å². The van der Waals surface area contributed by atoms with E-state index in [1.165, 1.54) is 30.3 Å². The fraction of sp³-hybridized carbons (Fsp3) is 0.0476. The van der Waals surface area contributed by atoms with Crippen molar-refractivity contribution < 1.29 is 14.7 Å². The third-order valence-corrected chi connectivity index (χ3v) is 5.89. The molecule has 0 bridgehead atoms. The number of aromatic amines is 1. The van der Waals surface area contributed by atoms with Crippen molar-refractivity contribution in [2.45, 2.75) is 6.04 Å². The van der Waals surface area contributed by atoms with Crippen molar-refractivity contribution in [3.8, 4) is 5.69 Å². The lowest BCUT2D eigenvalue weighted by molar-refractivity contribution is -0.139. The van der Waals surface area contributed by atoms with Gasteiger partial charge in [-0.15, -0.1) is 11.3 Å². The largest absolute Gasteiger partial charge is 0.479 e. The first-order chi connectivity index (χ1) is 14.8. The van der Waals surface area contributed by atoms with Gasteiger partial charge in [0.1, 0.15) is 0 Å². The second kappa shape index (κ2) is 8.21. The molecule has 0 aliphatic heterocycles. The topological polar surface area (TPSA) is 121 Å². The van der Waals surface area contributed by atoms with Gasteiger partial charge in [-0.1, -0.05) is 23.7 Å². The van der Waals surface area contributed by atoms with Gasteiger partial charge in [-0.05, 0) is 48.5 Å². The molecule has 156 valence electrons. The number of nitrogens with one attached hydrogen (secondary N) is 2. The monoisotopic (exact) mass is 455 g/mol. The van der Waals surface area contributed by atoms with Crippen LogP contribution in [-0.2, 0) is 4.79 Å². The van der Waals surface area contributed by atoms with Gasteiger partial charge < -0.3 is 15.4 Å². The van der Waals surface area contributed by atoms with E-state index >= 15 is 0 Å². The zero-order valence-corrected chi connectivity index (χ0v) is 17.2. The van der Waals surface area contributed by atoms with E-state index in [1.807, 2.05) is 0 Å². The quantitative estimate of drug-likeness (QED) is 0.427. The van der Waals surface area contributed by atoms with Gasteiger partial charge in [-0.2, -0.15) is 0 Å². The summed E-state index contributed by atoms with van der Waals surface area (Å²) in [6.07, 6.45) is 0. The number of rotatable bonds is 5. The van der Waals surface area contributed by atoms with Crippen LogP contribution < -0.4 is 16.6 Å². The standard InChI is InChI=1S/C21H14ClN3O5S/c22-16-10-9-15(31-16)17(20(28)29)24-18(26)11-5-7-12(8-6-11)25-19(27)13-3-1-2-4-14(13)23-21(25)30/h1-10,17H,(H,23,30)(H,24,26)(H,28,29). The highest BCUT2D eigenvalue weighted by molar-refractivity contribution is 7.16. The van der Waals surface area contributed by atoms with E-state index in [9.17, 15) is 24.3 Å². The number of carboxylic acid groups (broad SMARTS) is 1. The van der Waals surface area contributed by atoms with E-state index in [4.69, 9.17) is 11.6 Å². The molecule has 0 radical (unpaired) electrons. The molecule has 8 nitrogen and oxygen atoms in total. The second-order valence-electron chi connectivity index (χ2n) is 6.55. The molecular weight excluding hydrogens is 442 g/mol. The number of hydrogen-bond acceptors (Lipinski definition) is 5. The summed E-state index contributed by atoms with van der Waals surface area (Å²) >= 11 is 6.92. The number of nitrogens with zero attached hydrogens (tertiary/aromatic N) is 1. The molecule has 4 rings (SSSR count). The molecule has 0 aliphatic carbocycles. The van der Waals surface area contributed by atoms with Crippen LogP contribution in [0.5, 0.6) is 0 Å². The van der Waals surface area contributed by atoms with Crippen molar-refractivity contribution in [2.24, 2.45) is 0 Å². The van der Waals surface area contributed by atoms with E-state index in [1.54, 1.807) is 30.3 Å². The third kappa shape index (κ3) is 4.00. The van der Waals surface area contributed by atoms with Crippen molar-refractivity contribution in [2.75, 3.05) is 0 Å². The number of carboxylic acids is 1. The number of amides is 1. The van der Waals surface area contributed by atoms with Crippen LogP contribution in [-0.4, -0.2) is 26.5 Å². The molecule has 1 amide bonds. The van der Waals surface area contributed by atoms with E-state index < -0.39 is 29.2 Å². The lowest BCUT2D eigenvalue weighted by atomic mass is 10.1. The van der Waals surface area contributed by atoms with Gasteiger partial charge in [0.25, 0.3) is 11.5 Å². The van der Waals surface area contributed by atoms with Gasteiger partial charge in [0, 0.05) is 10.4 Å². The Bertz CT molecular complexity index is 1420. The van der Waals surface area contributed by atoms with Crippen LogP contribution in [0.25, 0.3) is 16.6 Å². The van der Waals surface area contributed by atoms with Gasteiger partial charge in [0.15, 0.2) is 6.04 Å². The van der Waals surface area contributed by atoms with Crippen molar-refractivity contribution in [1.29, 1.82) is 0 Å². The van der Waals surface area contributed by atoms with Gasteiger partial charge >= 0.3 is 11.7 Å². The Morgan fingerprint density at radius 1 is 1.03 bits per heavy atom. The minimum atomic E-state index is -1.25. The highest BCUT2D eigenvalue weighted by Crippen LogP contribution is 2.27. The normalized spacial score (nSPS) is 11.9. The number of hydrogen-bond donors (Lipinski definition) is 3. The number of aliphatic carboxylic acids is 1. The predicted octanol–water partition coefficient (Wildman–Crippen LogP) is 2.95. The summed E-state index contributed by atoms with van der Waals surface area (Å²) in [5, 5.41) is 12.2. The lowest BCUT2D eigenvalue weighted by Gasteiger charge is -2.13. The van der Waals surface area contributed by atoms with Gasteiger partial charge in [-0.25, -0.2) is 14.2 Å². The average molecular weight is 456 g/mol. The average Bonchev–Trinajstić information content (AvgIpc) is 3.18. The summed E-state index contributed by atoms with van der Waals surface area (Å²) in [4.78, 5) is 52.3. The summed E-state index contributed by atoms with van der Waals surface area (Å²) in [5.74, 6) is -1.85. The summed E-state index contributed by atoms with van der Waals surface area (Å²) < 4.78 is 1.38. The van der Waals surface area contributed by atoms with Crippen LogP contribution in [0.3, 0.4) is 0 Å². The number of H-pyrrole nitrogens is 1. The molecule has 0 aliphatic rings. The second-order valence-corrected chi connectivity index (χ2v) is 8.30. The molecule has 1 atom stereocenters. The fourth-order valence-electron chi connectivity index (χ4n) is 3.11. The fourth-order valence-corrected chi connectivity index (χ4v) is 4.22. The Morgan fingerprint density at radius 3 is 2.39 bits per heavy atom. The first-order valence-corrected chi connectivity index (χ1v) is 10.2. The van der Waals surface area contributed by atoms with Gasteiger partial charge in [-0.3, -0.25) is 9.59 Å². The first kappa shape index (κ1) is 20.6. The zero-order valence-electron chi connectivity index (χ0n) is 15.7. The molecule has 4 aromatic rings. The van der Waals surface area contributed by atoms with Gasteiger partial charge in [0.2, 0.25) is 0 Å². The minimum Gasteiger partial charge on any atom is -0.479 e. The van der Waals surface area contributed by atoms with Crippen molar-refractivity contribution in [3.05, 3.63) is 96.3 Å². The minimum absolute atomic E-state index is 0.169. The maximum absolute atomic E-state index is 12.7. The summed E-state index contributed by atoms with van der Waals surface area (Å²) in [6.45, 7) is 0. The highest BCUT2D eigenvalue weighted by atomic mass is 35.5. The van der Waals surface area contributed by atoms with Crippen LogP contribution in [0.1, 0.15) is 21.3 Å². The van der Waals surface area contributed by atoms with Gasteiger partial charge in [0.05, 0.1) is 20.9 Å². The van der Waals surface area contributed by atoms with E-state index in [-0.39, 0.29) is 11.3 Å². The number of aromatic nitrogens is 2. The molecule has 1 unspecified atom stereocenters.